The van der Waals surface area contributed by atoms with Crippen molar-refractivity contribution in [2.24, 2.45) is 5.92 Å². The molecule has 0 aromatic heterocycles. The van der Waals surface area contributed by atoms with E-state index in [4.69, 9.17) is 9.47 Å². The minimum Gasteiger partial charge on any atom is -0.497 e. The van der Waals surface area contributed by atoms with Gasteiger partial charge in [-0.3, -0.25) is 4.79 Å². The molecule has 3 rings (SSSR count). The monoisotopic (exact) mass is 304 g/mol. The van der Waals surface area contributed by atoms with E-state index in [2.05, 4.69) is 19.0 Å². The molecule has 5 nitrogen and oxygen atoms in total. The molecule has 0 unspecified atom stereocenters. The third-order valence-electron chi connectivity index (χ3n) is 4.87. The Bertz CT molecular complexity index is 529. The van der Waals surface area contributed by atoms with E-state index >= 15 is 0 Å². The summed E-state index contributed by atoms with van der Waals surface area (Å²) in [7, 11) is 5.81. The van der Waals surface area contributed by atoms with Gasteiger partial charge in [0.05, 0.1) is 32.8 Å². The second kappa shape index (κ2) is 6.26. The molecule has 0 spiro atoms. The summed E-state index contributed by atoms with van der Waals surface area (Å²) < 4.78 is 10.8. The van der Waals surface area contributed by atoms with Gasteiger partial charge < -0.3 is 19.3 Å². The van der Waals surface area contributed by atoms with Gasteiger partial charge >= 0.3 is 0 Å². The molecule has 0 radical (unpaired) electrons. The quantitative estimate of drug-likeness (QED) is 0.833. The molecule has 2 saturated heterocycles. The molecule has 120 valence electrons. The van der Waals surface area contributed by atoms with Crippen molar-refractivity contribution in [2.45, 2.75) is 18.5 Å². The van der Waals surface area contributed by atoms with Crippen LogP contribution in [-0.2, 0) is 16.0 Å². The van der Waals surface area contributed by atoms with Crippen molar-refractivity contribution >= 4 is 5.91 Å². The van der Waals surface area contributed by atoms with Crippen LogP contribution in [-0.4, -0.2) is 68.8 Å². The van der Waals surface area contributed by atoms with Crippen molar-refractivity contribution in [3.63, 3.8) is 0 Å². The summed E-state index contributed by atoms with van der Waals surface area (Å²) in [5, 5.41) is 0. The Hall–Kier alpha value is -1.59. The maximum absolute atomic E-state index is 12.7. The van der Waals surface area contributed by atoms with Crippen molar-refractivity contribution in [1.29, 1.82) is 0 Å². The number of likely N-dealkylation sites (tertiary alicyclic amines) is 1. The number of carbonyl (C=O) groups excluding carboxylic acids is 1. The van der Waals surface area contributed by atoms with Gasteiger partial charge in [0.15, 0.2) is 0 Å². The first-order valence-corrected chi connectivity index (χ1v) is 7.76. The number of fused-ring (bicyclic) bond motifs is 1. The first-order valence-electron chi connectivity index (χ1n) is 7.76. The molecule has 0 aliphatic carbocycles. The minimum absolute atomic E-state index is 0.190. The fourth-order valence-electron chi connectivity index (χ4n) is 3.57. The summed E-state index contributed by atoms with van der Waals surface area (Å²) in [6, 6.07) is 8.34. The molecule has 1 aromatic rings. The van der Waals surface area contributed by atoms with E-state index in [1.54, 1.807) is 7.11 Å². The molecule has 0 saturated carbocycles. The number of ether oxygens (including phenoxy) is 2. The number of nitrogens with zero attached hydrogens (tertiary/aromatic N) is 2. The Labute approximate surface area is 131 Å². The summed E-state index contributed by atoms with van der Waals surface area (Å²) in [6.07, 6.45) is 0.438. The van der Waals surface area contributed by atoms with Crippen LogP contribution in [0.15, 0.2) is 24.3 Å². The predicted octanol–water partition coefficient (Wildman–Crippen LogP) is 1.03. The van der Waals surface area contributed by atoms with E-state index in [0.717, 1.165) is 24.5 Å². The van der Waals surface area contributed by atoms with Crippen LogP contribution < -0.4 is 4.74 Å². The van der Waals surface area contributed by atoms with Crippen molar-refractivity contribution in [1.82, 2.24) is 9.80 Å². The zero-order valence-electron chi connectivity index (χ0n) is 13.5. The first-order chi connectivity index (χ1) is 10.6. The third kappa shape index (κ3) is 2.83. The Morgan fingerprint density at radius 3 is 2.68 bits per heavy atom. The normalized spacial score (nSPS) is 27.3. The molecular weight excluding hydrogens is 280 g/mol. The van der Waals surface area contributed by atoms with E-state index in [0.29, 0.717) is 25.0 Å². The van der Waals surface area contributed by atoms with Gasteiger partial charge in [0.25, 0.3) is 0 Å². The molecule has 5 heteroatoms. The minimum atomic E-state index is 0.190. The number of likely N-dealkylation sites (N-methyl/N-ethyl adjacent to an activating group) is 1. The van der Waals surface area contributed by atoms with Crippen LogP contribution in [0.1, 0.15) is 5.56 Å². The smallest absolute Gasteiger partial charge is 0.227 e. The van der Waals surface area contributed by atoms with Gasteiger partial charge in [-0.1, -0.05) is 12.1 Å². The average Bonchev–Trinajstić information content (AvgIpc) is 3.09. The van der Waals surface area contributed by atoms with Gasteiger partial charge in [-0.2, -0.15) is 0 Å². The number of hydrogen-bond acceptors (Lipinski definition) is 4. The van der Waals surface area contributed by atoms with E-state index in [1.807, 2.05) is 29.2 Å². The Balaban J connectivity index is 1.69. The highest BCUT2D eigenvalue weighted by Crippen LogP contribution is 2.32. The van der Waals surface area contributed by atoms with Crippen LogP contribution in [0.5, 0.6) is 5.75 Å². The van der Waals surface area contributed by atoms with Crippen LogP contribution in [0.3, 0.4) is 0 Å². The van der Waals surface area contributed by atoms with Gasteiger partial charge in [0.2, 0.25) is 5.91 Å². The highest BCUT2D eigenvalue weighted by molar-refractivity contribution is 5.79. The SMILES string of the molecule is COc1ccc(CC(=O)N2C[C@@H](N(C)C)[C@H]3COC[C@H]32)cc1. The maximum atomic E-state index is 12.7. The summed E-state index contributed by atoms with van der Waals surface area (Å²) in [4.78, 5) is 16.9. The lowest BCUT2D eigenvalue weighted by atomic mass is 9.99. The fourth-order valence-corrected chi connectivity index (χ4v) is 3.57. The molecule has 2 aliphatic rings. The summed E-state index contributed by atoms with van der Waals surface area (Å²) in [5.41, 5.74) is 1.02. The predicted molar refractivity (Wildman–Crippen MR) is 84.0 cm³/mol. The molecule has 2 heterocycles. The molecule has 3 atom stereocenters. The Morgan fingerprint density at radius 1 is 1.32 bits per heavy atom. The first kappa shape index (κ1) is 15.3. The van der Waals surface area contributed by atoms with E-state index in [9.17, 15) is 4.79 Å². The molecule has 1 amide bonds. The molecule has 22 heavy (non-hydrogen) atoms. The summed E-state index contributed by atoms with van der Waals surface area (Å²) in [5.74, 6) is 1.44. The number of rotatable bonds is 4. The molecule has 2 fully saturated rings. The van der Waals surface area contributed by atoms with Crippen molar-refractivity contribution in [2.75, 3.05) is 41.0 Å². The topological polar surface area (TPSA) is 42.0 Å². The average molecular weight is 304 g/mol. The van der Waals surface area contributed by atoms with E-state index < -0.39 is 0 Å². The van der Waals surface area contributed by atoms with Gasteiger partial charge in [0.1, 0.15) is 5.75 Å². The lowest BCUT2D eigenvalue weighted by Gasteiger charge is -2.24. The third-order valence-corrected chi connectivity index (χ3v) is 4.87. The van der Waals surface area contributed by atoms with Crippen LogP contribution >= 0.6 is 0 Å². The van der Waals surface area contributed by atoms with Gasteiger partial charge in [-0.15, -0.1) is 0 Å². The van der Waals surface area contributed by atoms with Crippen LogP contribution in [0.4, 0.5) is 0 Å². The zero-order valence-corrected chi connectivity index (χ0v) is 13.5. The number of hydrogen-bond donors (Lipinski definition) is 0. The molecular formula is C17H24N2O3. The molecule has 1 aromatic carbocycles. The van der Waals surface area contributed by atoms with Gasteiger partial charge in [-0.25, -0.2) is 0 Å². The maximum Gasteiger partial charge on any atom is 0.227 e. The van der Waals surface area contributed by atoms with E-state index in [1.165, 1.54) is 0 Å². The molecule has 0 bridgehead atoms. The highest BCUT2D eigenvalue weighted by Gasteiger charge is 2.47. The van der Waals surface area contributed by atoms with Crippen molar-refractivity contribution in [3.05, 3.63) is 29.8 Å². The summed E-state index contributed by atoms with van der Waals surface area (Å²) >= 11 is 0. The fraction of sp³-hybridized carbons (Fsp3) is 0.588. The highest BCUT2D eigenvalue weighted by atomic mass is 16.5. The number of amides is 1. The number of benzene rings is 1. The lowest BCUT2D eigenvalue weighted by Crippen LogP contribution is -2.39. The Kier molecular flexibility index (Phi) is 4.36. The lowest BCUT2D eigenvalue weighted by molar-refractivity contribution is -0.131. The van der Waals surface area contributed by atoms with Crippen LogP contribution in [0.2, 0.25) is 0 Å². The largest absolute Gasteiger partial charge is 0.497 e. The number of carbonyl (C=O) groups is 1. The van der Waals surface area contributed by atoms with Gasteiger partial charge in [0, 0.05) is 18.5 Å². The number of methoxy groups -OCH3 is 1. The molecule has 2 aliphatic heterocycles. The van der Waals surface area contributed by atoms with Crippen LogP contribution in [0, 0.1) is 5.92 Å². The standard InChI is InChI=1S/C17H24N2O3/c1-18(2)15-9-19(16-11-22-10-14(15)16)17(20)8-12-4-6-13(21-3)7-5-12/h4-7,14-16H,8-11H2,1-3H3/t14-,15-,16-/m1/s1. The van der Waals surface area contributed by atoms with Crippen LogP contribution in [0.25, 0.3) is 0 Å². The van der Waals surface area contributed by atoms with E-state index in [-0.39, 0.29) is 11.9 Å². The molecule has 0 N–H and O–H groups in total. The van der Waals surface area contributed by atoms with Gasteiger partial charge in [-0.05, 0) is 31.8 Å². The summed E-state index contributed by atoms with van der Waals surface area (Å²) in [6.45, 7) is 2.24. The van der Waals surface area contributed by atoms with Crippen molar-refractivity contribution < 1.29 is 14.3 Å². The van der Waals surface area contributed by atoms with Crippen molar-refractivity contribution in [3.8, 4) is 5.75 Å². The second-order valence-corrected chi connectivity index (χ2v) is 6.37. The Morgan fingerprint density at radius 2 is 2.05 bits per heavy atom. The zero-order chi connectivity index (χ0) is 15.7. The second-order valence-electron chi connectivity index (χ2n) is 6.37.